The Labute approximate surface area is 118 Å². The molecule has 9 heteroatoms. The summed E-state index contributed by atoms with van der Waals surface area (Å²) in [6.45, 7) is 3.34. The van der Waals surface area contributed by atoms with E-state index in [1.807, 2.05) is 0 Å². The molecule has 104 valence electrons. The minimum Gasteiger partial charge on any atom is -0.260 e. The largest absolute Gasteiger partial charge is 0.260 e. The van der Waals surface area contributed by atoms with Crippen LogP contribution in [-0.2, 0) is 20.8 Å². The Kier molecular flexibility index (Phi) is 5.72. The molecule has 0 amide bonds. The highest BCUT2D eigenvalue weighted by molar-refractivity contribution is 7.91. The maximum Gasteiger partial charge on any atom is 0.252 e. The molecule has 0 aliphatic rings. The second-order valence-corrected chi connectivity index (χ2v) is 8.97. The fraction of sp³-hybridized carbons (Fsp3) is 0.667. The van der Waals surface area contributed by atoms with Crippen LogP contribution in [-0.4, -0.2) is 35.7 Å². The molecule has 0 fully saturated rings. The number of aryl methyl sites for hydroxylation is 1. The molecule has 0 aromatic carbocycles. The Balaban J connectivity index is 2.76. The SMILES string of the molecule is Cc1nc(Cl)sc1S(=O)(=O)NC(C)CCS(C)=O. The van der Waals surface area contributed by atoms with E-state index in [-0.39, 0.29) is 14.7 Å². The lowest BCUT2D eigenvalue weighted by atomic mass is 10.3. The van der Waals surface area contributed by atoms with Gasteiger partial charge < -0.3 is 0 Å². The number of nitrogens with one attached hydrogen (secondary N) is 1. The molecule has 2 unspecified atom stereocenters. The lowest BCUT2D eigenvalue weighted by Gasteiger charge is -2.12. The Morgan fingerprint density at radius 2 is 2.17 bits per heavy atom. The van der Waals surface area contributed by atoms with Gasteiger partial charge >= 0.3 is 0 Å². The quantitative estimate of drug-likeness (QED) is 0.858. The summed E-state index contributed by atoms with van der Waals surface area (Å²) in [5.74, 6) is 0.464. The molecule has 0 bridgehead atoms. The van der Waals surface area contributed by atoms with E-state index in [1.165, 1.54) is 0 Å². The van der Waals surface area contributed by atoms with Crippen LogP contribution in [0.3, 0.4) is 0 Å². The van der Waals surface area contributed by atoms with Crippen molar-refractivity contribution >= 4 is 43.8 Å². The van der Waals surface area contributed by atoms with Crippen molar-refractivity contribution in [2.45, 2.75) is 30.5 Å². The van der Waals surface area contributed by atoms with Crippen molar-refractivity contribution in [1.29, 1.82) is 0 Å². The minimum atomic E-state index is -3.59. The molecule has 0 spiro atoms. The van der Waals surface area contributed by atoms with E-state index in [0.717, 1.165) is 11.3 Å². The average Bonchev–Trinajstić information content (AvgIpc) is 2.55. The van der Waals surface area contributed by atoms with Gasteiger partial charge in [-0.15, -0.1) is 0 Å². The van der Waals surface area contributed by atoms with E-state index in [9.17, 15) is 12.6 Å². The first-order chi connectivity index (χ1) is 8.22. The smallest absolute Gasteiger partial charge is 0.252 e. The van der Waals surface area contributed by atoms with Crippen LogP contribution in [0.15, 0.2) is 4.21 Å². The molecular formula is C9H15ClN2O3S3. The molecule has 1 N–H and O–H groups in total. The third kappa shape index (κ3) is 4.58. The van der Waals surface area contributed by atoms with E-state index in [0.29, 0.717) is 17.9 Å². The lowest BCUT2D eigenvalue weighted by Crippen LogP contribution is -2.33. The highest BCUT2D eigenvalue weighted by Crippen LogP contribution is 2.26. The molecule has 1 rings (SSSR count). The second-order valence-electron chi connectivity index (χ2n) is 3.93. The molecule has 0 aliphatic carbocycles. The molecule has 0 aliphatic heterocycles. The molecular weight excluding hydrogens is 316 g/mol. The van der Waals surface area contributed by atoms with Gasteiger partial charge in [0.05, 0.1) is 5.69 Å². The van der Waals surface area contributed by atoms with Gasteiger partial charge in [-0.1, -0.05) is 22.9 Å². The topological polar surface area (TPSA) is 76.1 Å². The van der Waals surface area contributed by atoms with Gasteiger partial charge in [0.1, 0.15) is 0 Å². The van der Waals surface area contributed by atoms with Gasteiger partial charge in [-0.3, -0.25) is 4.21 Å². The summed E-state index contributed by atoms with van der Waals surface area (Å²) in [7, 11) is -4.52. The normalized spacial score (nSPS) is 15.6. The summed E-state index contributed by atoms with van der Waals surface area (Å²) >= 11 is 6.62. The molecule has 2 atom stereocenters. The Morgan fingerprint density at radius 1 is 1.56 bits per heavy atom. The summed E-state index contributed by atoms with van der Waals surface area (Å²) in [5, 5.41) is 0. The molecule has 1 aromatic heterocycles. The van der Waals surface area contributed by atoms with Gasteiger partial charge in [-0.05, 0) is 20.3 Å². The maximum atomic E-state index is 12.0. The Hall–Kier alpha value is -0.0200. The van der Waals surface area contributed by atoms with Crippen molar-refractivity contribution in [2.24, 2.45) is 0 Å². The zero-order valence-corrected chi connectivity index (χ0v) is 13.5. The van der Waals surface area contributed by atoms with Crippen LogP contribution < -0.4 is 4.72 Å². The minimum absolute atomic E-state index is 0.136. The van der Waals surface area contributed by atoms with Gasteiger partial charge in [-0.2, -0.15) is 0 Å². The van der Waals surface area contributed by atoms with Crippen molar-refractivity contribution in [1.82, 2.24) is 9.71 Å². The van der Waals surface area contributed by atoms with E-state index in [1.54, 1.807) is 20.1 Å². The molecule has 0 radical (unpaired) electrons. The molecule has 1 aromatic rings. The van der Waals surface area contributed by atoms with Crippen LogP contribution in [0, 0.1) is 6.92 Å². The number of aromatic nitrogens is 1. The van der Waals surface area contributed by atoms with Crippen LogP contribution in [0.1, 0.15) is 19.0 Å². The monoisotopic (exact) mass is 330 g/mol. The van der Waals surface area contributed by atoms with Crippen LogP contribution in [0.5, 0.6) is 0 Å². The van der Waals surface area contributed by atoms with Crippen molar-refractivity contribution < 1.29 is 12.6 Å². The van der Waals surface area contributed by atoms with Crippen LogP contribution in [0.2, 0.25) is 4.47 Å². The number of hydrogen-bond acceptors (Lipinski definition) is 5. The number of rotatable bonds is 6. The molecule has 18 heavy (non-hydrogen) atoms. The van der Waals surface area contributed by atoms with E-state index >= 15 is 0 Å². The standard InChI is InChI=1S/C9H15ClN2O3S3/c1-6(4-5-17(3)13)12-18(14,15)8-7(2)11-9(10)16-8/h6,12H,4-5H2,1-3H3. The van der Waals surface area contributed by atoms with E-state index in [2.05, 4.69) is 9.71 Å². The van der Waals surface area contributed by atoms with Gasteiger partial charge in [0.25, 0.3) is 10.0 Å². The van der Waals surface area contributed by atoms with Crippen LogP contribution in [0.25, 0.3) is 0 Å². The fourth-order valence-corrected chi connectivity index (χ4v) is 5.04. The number of thiazole rings is 1. The number of halogens is 1. The first-order valence-corrected chi connectivity index (χ1v) is 9.58. The van der Waals surface area contributed by atoms with Gasteiger partial charge in [0, 0.05) is 28.9 Å². The van der Waals surface area contributed by atoms with Crippen molar-refractivity contribution in [3.05, 3.63) is 10.2 Å². The third-order valence-corrected chi connectivity index (χ3v) is 6.44. The van der Waals surface area contributed by atoms with Gasteiger partial charge in [-0.25, -0.2) is 18.1 Å². The number of nitrogens with zero attached hydrogens (tertiary/aromatic N) is 1. The molecule has 5 nitrogen and oxygen atoms in total. The van der Waals surface area contributed by atoms with Crippen LogP contribution >= 0.6 is 22.9 Å². The van der Waals surface area contributed by atoms with E-state index < -0.39 is 20.8 Å². The summed E-state index contributed by atoms with van der Waals surface area (Å²) in [6, 6.07) is -0.279. The van der Waals surface area contributed by atoms with Crippen molar-refractivity contribution in [2.75, 3.05) is 12.0 Å². The summed E-state index contributed by atoms with van der Waals surface area (Å²) in [5.41, 5.74) is 0.392. The fourth-order valence-electron chi connectivity index (χ4n) is 1.32. The predicted molar refractivity (Wildman–Crippen MR) is 75.2 cm³/mol. The van der Waals surface area contributed by atoms with E-state index in [4.69, 9.17) is 11.6 Å². The first-order valence-electron chi connectivity index (χ1n) is 5.17. The summed E-state index contributed by atoms with van der Waals surface area (Å²) < 4.78 is 37.9. The van der Waals surface area contributed by atoms with Gasteiger partial charge in [0.15, 0.2) is 8.68 Å². The Bertz CT molecular complexity index is 541. The Morgan fingerprint density at radius 3 is 2.61 bits per heavy atom. The molecule has 0 saturated heterocycles. The third-order valence-electron chi connectivity index (χ3n) is 2.17. The van der Waals surface area contributed by atoms with Gasteiger partial charge in [0.2, 0.25) is 0 Å². The highest BCUT2D eigenvalue weighted by atomic mass is 35.5. The maximum absolute atomic E-state index is 12.0. The lowest BCUT2D eigenvalue weighted by molar-refractivity contribution is 0.557. The van der Waals surface area contributed by atoms with Crippen LogP contribution in [0.4, 0.5) is 0 Å². The zero-order valence-electron chi connectivity index (χ0n) is 10.3. The summed E-state index contributed by atoms with van der Waals surface area (Å²) in [4.78, 5) is 3.88. The van der Waals surface area contributed by atoms with Crippen molar-refractivity contribution in [3.8, 4) is 0 Å². The van der Waals surface area contributed by atoms with Crippen molar-refractivity contribution in [3.63, 3.8) is 0 Å². The first kappa shape index (κ1) is 16.0. The molecule has 0 saturated carbocycles. The predicted octanol–water partition coefficient (Wildman–Crippen LogP) is 1.54. The highest BCUT2D eigenvalue weighted by Gasteiger charge is 2.23. The number of hydrogen-bond donors (Lipinski definition) is 1. The molecule has 1 heterocycles. The average molecular weight is 331 g/mol. The zero-order chi connectivity index (χ0) is 13.9. The second kappa shape index (κ2) is 6.42. The number of sulfonamides is 1. The summed E-state index contributed by atoms with van der Waals surface area (Å²) in [6.07, 6.45) is 2.11.